The third-order valence-corrected chi connectivity index (χ3v) is 11.2. The highest BCUT2D eigenvalue weighted by Gasteiger charge is 2.88. The molecule has 1 saturated heterocycles. The predicted octanol–water partition coefficient (Wildman–Crippen LogP) is 6.34. The number of carbonyl (C=O) groups is 3. The van der Waals surface area contributed by atoms with E-state index in [2.05, 4.69) is 0 Å². The smallest absolute Gasteiger partial charge is 0.272 e. The van der Waals surface area contributed by atoms with E-state index in [1.807, 2.05) is 0 Å². The highest BCUT2D eigenvalue weighted by Crippen LogP contribution is 2.77. The number of allylic oxidation sites excluding steroid dienone is 2. The largest absolute Gasteiger partial charge is 0.274 e. The van der Waals surface area contributed by atoms with Gasteiger partial charge in [0.2, 0.25) is 0 Å². The van der Waals surface area contributed by atoms with Crippen LogP contribution in [0, 0.1) is 11.8 Å². The Balaban J connectivity index is 1.63. The molecule has 5 rings (SSSR count). The number of nitrogens with zero attached hydrogens (tertiary/aromatic N) is 2. The third-order valence-electron chi connectivity index (χ3n) is 6.64. The molecule has 35 heavy (non-hydrogen) atoms. The van der Waals surface area contributed by atoms with Gasteiger partial charge in [-0.3, -0.25) is 14.4 Å². The van der Waals surface area contributed by atoms with Gasteiger partial charge in [-0.2, -0.15) is 5.01 Å². The summed E-state index contributed by atoms with van der Waals surface area (Å²) >= 11 is 45.7. The van der Waals surface area contributed by atoms with Crippen molar-refractivity contribution >= 4 is 98.9 Å². The molecule has 12 heteroatoms. The molecule has 0 aromatic heterocycles. The van der Waals surface area contributed by atoms with Gasteiger partial charge in [-0.1, -0.05) is 100 Å². The highest BCUT2D eigenvalue weighted by molar-refractivity contribution is 6.66. The summed E-state index contributed by atoms with van der Waals surface area (Å²) in [6, 6.07) is 15.1. The van der Waals surface area contributed by atoms with Crippen molar-refractivity contribution in [1.29, 1.82) is 0 Å². The zero-order chi connectivity index (χ0) is 25.5. The Labute approximate surface area is 235 Å². The number of hydrogen-bond donors (Lipinski definition) is 0. The molecular formula is C23H13Cl7N2O3. The second-order valence-electron chi connectivity index (χ2n) is 8.40. The van der Waals surface area contributed by atoms with E-state index in [1.54, 1.807) is 42.5 Å². The number of imide groups is 1. The van der Waals surface area contributed by atoms with E-state index in [1.165, 1.54) is 12.1 Å². The SMILES string of the molecule is O=C(c1ccccc1Cl)N(Cc1ccccc1)N1C(=O)[C@@H]2[C@H](C1=O)[C@@]1(Cl)C(Cl)=C(Cl)[C@@]2(Cl)C1(Cl)Cl. The molecule has 0 spiro atoms. The zero-order valence-corrected chi connectivity index (χ0v) is 22.6. The highest BCUT2D eigenvalue weighted by atomic mass is 35.5. The summed E-state index contributed by atoms with van der Waals surface area (Å²) in [5, 5.41) is 1.45. The summed E-state index contributed by atoms with van der Waals surface area (Å²) < 4.78 is -2.07. The lowest BCUT2D eigenvalue weighted by molar-refractivity contribution is -0.156. The van der Waals surface area contributed by atoms with Gasteiger partial charge in [0.1, 0.15) is 9.75 Å². The number of hydrogen-bond acceptors (Lipinski definition) is 3. The van der Waals surface area contributed by atoms with E-state index in [0.717, 1.165) is 10.0 Å². The van der Waals surface area contributed by atoms with E-state index < -0.39 is 43.6 Å². The van der Waals surface area contributed by atoms with Crippen molar-refractivity contribution in [3.8, 4) is 0 Å². The Kier molecular flexibility index (Phi) is 6.13. The van der Waals surface area contributed by atoms with Crippen LogP contribution < -0.4 is 0 Å². The second kappa shape index (κ2) is 8.42. The molecule has 2 aliphatic carbocycles. The van der Waals surface area contributed by atoms with Gasteiger partial charge in [0.15, 0.2) is 4.33 Å². The van der Waals surface area contributed by atoms with Gasteiger partial charge in [0.25, 0.3) is 17.7 Å². The van der Waals surface area contributed by atoms with Crippen LogP contribution in [0.15, 0.2) is 64.7 Å². The molecule has 2 aromatic rings. The van der Waals surface area contributed by atoms with Crippen LogP contribution in [-0.2, 0) is 16.1 Å². The zero-order valence-electron chi connectivity index (χ0n) is 17.3. The predicted molar refractivity (Wildman–Crippen MR) is 137 cm³/mol. The van der Waals surface area contributed by atoms with Crippen molar-refractivity contribution in [3.05, 3.63) is 80.8 Å². The maximum atomic E-state index is 13.8. The lowest BCUT2D eigenvalue weighted by Crippen LogP contribution is -2.55. The van der Waals surface area contributed by atoms with E-state index in [0.29, 0.717) is 5.56 Å². The van der Waals surface area contributed by atoms with Crippen molar-refractivity contribution in [3.63, 3.8) is 0 Å². The molecule has 4 atom stereocenters. The topological polar surface area (TPSA) is 57.7 Å². The fraction of sp³-hybridized carbons (Fsp3) is 0.261. The number of carbonyl (C=O) groups excluding carboxylic acids is 3. The van der Waals surface area contributed by atoms with E-state index in [4.69, 9.17) is 81.2 Å². The maximum Gasteiger partial charge on any atom is 0.274 e. The van der Waals surface area contributed by atoms with Gasteiger partial charge < -0.3 is 0 Å². The van der Waals surface area contributed by atoms with Crippen molar-refractivity contribution in [2.45, 2.75) is 20.6 Å². The molecular weight excluding hydrogens is 600 g/mol. The first kappa shape index (κ1) is 25.5. The molecule has 1 saturated carbocycles. The lowest BCUT2D eigenvalue weighted by atomic mass is 9.84. The minimum atomic E-state index is -2.07. The average molecular weight is 614 g/mol. The van der Waals surface area contributed by atoms with Crippen molar-refractivity contribution in [2.75, 3.05) is 0 Å². The molecule has 2 aromatic carbocycles. The molecule has 3 amide bonds. The summed E-state index contributed by atoms with van der Waals surface area (Å²) in [7, 11) is 0. The van der Waals surface area contributed by atoms with Crippen LogP contribution in [0.5, 0.6) is 0 Å². The maximum absolute atomic E-state index is 13.8. The van der Waals surface area contributed by atoms with Crippen LogP contribution in [0.1, 0.15) is 15.9 Å². The van der Waals surface area contributed by atoms with Crippen LogP contribution in [0.2, 0.25) is 5.02 Å². The number of benzene rings is 2. The molecule has 0 unspecified atom stereocenters. The van der Waals surface area contributed by atoms with Gasteiger partial charge in [-0.05, 0) is 17.7 Å². The number of fused-ring (bicyclic) bond motifs is 5. The molecule has 0 radical (unpaired) electrons. The molecule has 2 bridgehead atoms. The Morgan fingerprint density at radius 3 is 1.80 bits per heavy atom. The fourth-order valence-electron chi connectivity index (χ4n) is 4.98. The van der Waals surface area contributed by atoms with Crippen LogP contribution in [0.3, 0.4) is 0 Å². The first-order valence-electron chi connectivity index (χ1n) is 10.2. The first-order chi connectivity index (χ1) is 16.4. The summed E-state index contributed by atoms with van der Waals surface area (Å²) in [6.45, 7) is -0.131. The first-order valence-corrected chi connectivity index (χ1v) is 12.8. The molecule has 5 nitrogen and oxygen atoms in total. The molecule has 1 aliphatic heterocycles. The van der Waals surface area contributed by atoms with Crippen LogP contribution >= 0.6 is 81.2 Å². The number of halogens is 7. The summed E-state index contributed by atoms with van der Waals surface area (Å²) in [4.78, 5) is 37.4. The second-order valence-corrected chi connectivity index (χ2v) is 12.1. The van der Waals surface area contributed by atoms with Crippen molar-refractivity contribution in [2.24, 2.45) is 11.8 Å². The fourth-order valence-corrected chi connectivity index (χ4v) is 8.13. The van der Waals surface area contributed by atoms with Gasteiger partial charge in [-0.25, -0.2) is 5.01 Å². The Morgan fingerprint density at radius 2 is 1.29 bits per heavy atom. The Morgan fingerprint density at radius 1 is 0.800 bits per heavy atom. The third kappa shape index (κ3) is 3.13. The van der Waals surface area contributed by atoms with Crippen molar-refractivity contribution in [1.82, 2.24) is 10.0 Å². The molecule has 1 heterocycles. The molecule has 2 fully saturated rings. The van der Waals surface area contributed by atoms with E-state index in [9.17, 15) is 14.4 Å². The van der Waals surface area contributed by atoms with E-state index in [-0.39, 0.29) is 27.2 Å². The monoisotopic (exact) mass is 610 g/mol. The Bertz CT molecular complexity index is 1270. The van der Waals surface area contributed by atoms with Gasteiger partial charge in [-0.15, -0.1) is 23.2 Å². The normalized spacial score (nSPS) is 30.8. The van der Waals surface area contributed by atoms with E-state index >= 15 is 0 Å². The number of alkyl halides is 4. The minimum absolute atomic E-state index is 0.0881. The quantitative estimate of drug-likeness (QED) is 0.299. The van der Waals surface area contributed by atoms with Gasteiger partial charge in [0, 0.05) is 0 Å². The Hall–Kier alpha value is -1.18. The average Bonchev–Trinajstić information content (AvgIpc) is 3.21. The molecule has 0 N–H and O–H groups in total. The number of rotatable bonds is 4. The minimum Gasteiger partial charge on any atom is -0.272 e. The van der Waals surface area contributed by atoms with Crippen LogP contribution in [0.25, 0.3) is 0 Å². The number of amides is 3. The van der Waals surface area contributed by atoms with Crippen LogP contribution in [0.4, 0.5) is 0 Å². The summed E-state index contributed by atoms with van der Waals surface area (Å²) in [5.41, 5.74) is 0.734. The standard InChI is InChI=1S/C23H13Cl7N2O3/c24-13-9-5-4-8-12(13)18(33)31(10-11-6-2-1-3-7-11)32-19(34)14-15(20(32)35)22(28)17(26)16(25)21(14,27)23(22,29)30/h1-9,14-15H,10H2/t14-,15+,21-,22-/m1/s1. The van der Waals surface area contributed by atoms with Crippen LogP contribution in [-0.4, -0.2) is 41.8 Å². The van der Waals surface area contributed by atoms with Crippen molar-refractivity contribution < 1.29 is 14.4 Å². The number of hydrazine groups is 1. The van der Waals surface area contributed by atoms with Gasteiger partial charge in [0.05, 0.1) is 39.0 Å². The summed E-state index contributed by atoms with van der Waals surface area (Å²) in [6.07, 6.45) is 0. The lowest BCUT2D eigenvalue weighted by Gasteiger charge is -2.37. The molecule has 182 valence electrons. The molecule has 3 aliphatic rings. The van der Waals surface area contributed by atoms with Gasteiger partial charge >= 0.3 is 0 Å². The summed E-state index contributed by atoms with van der Waals surface area (Å²) in [5.74, 6) is -5.08.